The van der Waals surface area contributed by atoms with Crippen LogP contribution in [-0.4, -0.2) is 22.0 Å². The van der Waals surface area contributed by atoms with Crippen molar-refractivity contribution in [3.63, 3.8) is 0 Å². The quantitative estimate of drug-likeness (QED) is 0.393. The van der Waals surface area contributed by atoms with Crippen LogP contribution in [0.25, 0.3) is 5.76 Å². The minimum atomic E-state index is -0.815. The van der Waals surface area contributed by atoms with Gasteiger partial charge in [-0.25, -0.2) is 0 Å². The maximum atomic E-state index is 13.0. The summed E-state index contributed by atoms with van der Waals surface area (Å²) in [4.78, 5) is 27.4. The molecule has 4 rings (SSSR count). The highest BCUT2D eigenvalue weighted by Gasteiger charge is 2.48. The molecule has 1 atom stereocenters. The number of Topliss-reactive ketones (excluding diaryl/α,β-unsaturated/α-hetero) is 1. The molecule has 1 fully saturated rings. The summed E-state index contributed by atoms with van der Waals surface area (Å²) in [6, 6.07) is 18.7. The highest BCUT2D eigenvalue weighted by atomic mass is 16.5. The largest absolute Gasteiger partial charge is 0.507 e. The summed E-state index contributed by atoms with van der Waals surface area (Å²) in [7, 11) is 0. The van der Waals surface area contributed by atoms with Gasteiger partial charge in [-0.15, -0.1) is 0 Å². The third-order valence-electron chi connectivity index (χ3n) is 5.09. The van der Waals surface area contributed by atoms with Gasteiger partial charge in [0.2, 0.25) is 0 Å². The van der Waals surface area contributed by atoms with Crippen LogP contribution in [0.2, 0.25) is 0 Å². The van der Waals surface area contributed by atoms with E-state index in [0.29, 0.717) is 16.9 Å². The van der Waals surface area contributed by atoms with E-state index in [1.54, 1.807) is 30.3 Å². The van der Waals surface area contributed by atoms with Gasteiger partial charge in [0.1, 0.15) is 11.5 Å². The molecule has 1 N–H and O–H groups in total. The highest BCUT2D eigenvalue weighted by molar-refractivity contribution is 6.51. The third kappa shape index (κ3) is 3.30. The Morgan fingerprint density at radius 3 is 2.17 bits per heavy atom. The highest BCUT2D eigenvalue weighted by Crippen LogP contribution is 2.42. The van der Waals surface area contributed by atoms with Gasteiger partial charge in [-0.05, 0) is 5.56 Å². The van der Waals surface area contributed by atoms with Gasteiger partial charge in [-0.1, -0.05) is 86.6 Å². The van der Waals surface area contributed by atoms with E-state index in [4.69, 9.17) is 4.52 Å². The van der Waals surface area contributed by atoms with Crippen molar-refractivity contribution in [2.75, 3.05) is 4.90 Å². The molecule has 1 amide bonds. The Kier molecular flexibility index (Phi) is 4.78. The number of hydrogen-bond acceptors (Lipinski definition) is 5. The summed E-state index contributed by atoms with van der Waals surface area (Å²) in [6.07, 6.45) is 0. The molecule has 1 unspecified atom stereocenters. The topological polar surface area (TPSA) is 83.6 Å². The summed E-state index contributed by atoms with van der Waals surface area (Å²) in [6.45, 7) is 5.90. The van der Waals surface area contributed by atoms with Crippen LogP contribution in [0.4, 0.5) is 5.82 Å². The van der Waals surface area contributed by atoms with Gasteiger partial charge in [0.05, 0.1) is 11.6 Å². The first-order valence-electron chi connectivity index (χ1n) is 9.67. The lowest BCUT2D eigenvalue weighted by molar-refractivity contribution is -0.132. The first kappa shape index (κ1) is 19.6. The zero-order valence-electron chi connectivity index (χ0n) is 17.0. The van der Waals surface area contributed by atoms with Crippen molar-refractivity contribution < 1.29 is 19.2 Å². The lowest BCUT2D eigenvalue weighted by Crippen LogP contribution is -2.29. The molecule has 1 aromatic heterocycles. The number of aliphatic hydroxyl groups excluding tert-OH is 1. The summed E-state index contributed by atoms with van der Waals surface area (Å²) >= 11 is 0. The average molecular weight is 402 g/mol. The second-order valence-electron chi connectivity index (χ2n) is 8.25. The summed E-state index contributed by atoms with van der Waals surface area (Å²) in [5.74, 6) is -0.900. The molecular weight excluding hydrogens is 380 g/mol. The predicted molar refractivity (Wildman–Crippen MR) is 113 cm³/mol. The van der Waals surface area contributed by atoms with Gasteiger partial charge in [0, 0.05) is 17.0 Å². The minimum absolute atomic E-state index is 0.0257. The van der Waals surface area contributed by atoms with Gasteiger partial charge < -0.3 is 9.63 Å². The number of aliphatic hydroxyl groups is 1. The van der Waals surface area contributed by atoms with Crippen molar-refractivity contribution in [3.8, 4) is 0 Å². The van der Waals surface area contributed by atoms with E-state index in [9.17, 15) is 14.7 Å². The number of aromatic nitrogens is 1. The number of benzene rings is 2. The van der Waals surface area contributed by atoms with Crippen molar-refractivity contribution in [3.05, 3.63) is 89.2 Å². The number of nitrogens with zero attached hydrogens (tertiary/aromatic N) is 2. The normalized spacial score (nSPS) is 18.8. The Morgan fingerprint density at radius 2 is 1.60 bits per heavy atom. The van der Waals surface area contributed by atoms with Gasteiger partial charge >= 0.3 is 5.91 Å². The van der Waals surface area contributed by atoms with Gasteiger partial charge in [-0.2, -0.15) is 0 Å². The van der Waals surface area contributed by atoms with E-state index in [0.717, 1.165) is 0 Å². The predicted octanol–water partition coefficient (Wildman–Crippen LogP) is 4.60. The number of hydrogen-bond donors (Lipinski definition) is 1. The van der Waals surface area contributed by atoms with Crippen LogP contribution in [0.5, 0.6) is 0 Å². The Labute approximate surface area is 174 Å². The minimum Gasteiger partial charge on any atom is -0.507 e. The van der Waals surface area contributed by atoms with E-state index >= 15 is 0 Å². The molecule has 152 valence electrons. The van der Waals surface area contributed by atoms with Crippen LogP contribution in [-0.2, 0) is 15.0 Å². The molecule has 2 heterocycles. The van der Waals surface area contributed by atoms with Crippen LogP contribution >= 0.6 is 0 Å². The lowest BCUT2D eigenvalue weighted by atomic mass is 9.93. The molecule has 1 saturated heterocycles. The van der Waals surface area contributed by atoms with Gasteiger partial charge in [0.25, 0.3) is 5.78 Å². The number of carbonyl (C=O) groups is 2. The number of amides is 1. The van der Waals surface area contributed by atoms with Crippen molar-refractivity contribution in [2.24, 2.45) is 0 Å². The SMILES string of the molecule is CC(C)(C)c1cc(N2C(=O)C(=O)/C(=C(/O)c3ccccc3)C2c2ccccc2)no1. The van der Waals surface area contributed by atoms with Crippen molar-refractivity contribution in [1.29, 1.82) is 0 Å². The summed E-state index contributed by atoms with van der Waals surface area (Å²) in [5, 5.41) is 15.0. The molecule has 6 nitrogen and oxygen atoms in total. The molecule has 3 aromatic rings. The Morgan fingerprint density at radius 1 is 1.00 bits per heavy atom. The van der Waals surface area contributed by atoms with E-state index in [-0.39, 0.29) is 22.6 Å². The first-order valence-corrected chi connectivity index (χ1v) is 9.67. The van der Waals surface area contributed by atoms with E-state index in [1.807, 2.05) is 57.2 Å². The summed E-state index contributed by atoms with van der Waals surface area (Å²) in [5.41, 5.74) is 0.865. The zero-order chi connectivity index (χ0) is 21.5. The molecule has 30 heavy (non-hydrogen) atoms. The van der Waals surface area contributed by atoms with Crippen LogP contribution in [0.1, 0.15) is 43.7 Å². The zero-order valence-corrected chi connectivity index (χ0v) is 17.0. The Hall–Kier alpha value is -3.67. The monoisotopic (exact) mass is 402 g/mol. The molecule has 0 aliphatic carbocycles. The van der Waals surface area contributed by atoms with Gasteiger partial charge in [0.15, 0.2) is 5.82 Å². The Bertz CT molecular complexity index is 1120. The first-order chi connectivity index (χ1) is 14.3. The fourth-order valence-electron chi connectivity index (χ4n) is 3.50. The van der Waals surface area contributed by atoms with E-state index in [1.165, 1.54) is 4.90 Å². The molecule has 6 heteroatoms. The van der Waals surface area contributed by atoms with E-state index < -0.39 is 17.7 Å². The maximum Gasteiger partial charge on any atom is 0.301 e. The maximum absolute atomic E-state index is 13.0. The lowest BCUT2D eigenvalue weighted by Gasteiger charge is -2.22. The Balaban J connectivity index is 1.91. The number of carbonyl (C=O) groups excluding carboxylic acids is 2. The van der Waals surface area contributed by atoms with Crippen molar-refractivity contribution in [1.82, 2.24) is 5.16 Å². The number of rotatable bonds is 3. The molecule has 0 spiro atoms. The third-order valence-corrected chi connectivity index (χ3v) is 5.09. The number of ketones is 1. The van der Waals surface area contributed by atoms with Gasteiger partial charge in [-0.3, -0.25) is 14.5 Å². The molecular formula is C24H22N2O4. The second kappa shape index (κ2) is 7.30. The molecule has 0 saturated carbocycles. The van der Waals surface area contributed by atoms with Crippen molar-refractivity contribution in [2.45, 2.75) is 32.2 Å². The fraction of sp³-hybridized carbons (Fsp3) is 0.208. The molecule has 0 radical (unpaired) electrons. The average Bonchev–Trinajstić information content (AvgIpc) is 3.33. The second-order valence-corrected chi connectivity index (χ2v) is 8.25. The van der Waals surface area contributed by atoms with Crippen LogP contribution < -0.4 is 4.90 Å². The van der Waals surface area contributed by atoms with Crippen LogP contribution in [0.3, 0.4) is 0 Å². The summed E-state index contributed by atoms with van der Waals surface area (Å²) < 4.78 is 5.46. The standard InChI is InChI=1S/C24H22N2O4/c1-24(2,3)17-14-18(25-30-17)26-20(15-10-6-4-7-11-15)19(22(28)23(26)29)21(27)16-12-8-5-9-13-16/h4-14,20,27H,1-3H3/b21-19+. The molecule has 1 aliphatic rings. The fourth-order valence-corrected chi connectivity index (χ4v) is 3.50. The van der Waals surface area contributed by atoms with Crippen molar-refractivity contribution >= 4 is 23.3 Å². The van der Waals surface area contributed by atoms with Crippen LogP contribution in [0, 0.1) is 0 Å². The molecule has 2 aromatic carbocycles. The smallest absolute Gasteiger partial charge is 0.301 e. The van der Waals surface area contributed by atoms with E-state index in [2.05, 4.69) is 5.16 Å². The molecule has 0 bridgehead atoms. The number of anilines is 1. The van der Waals surface area contributed by atoms with Crippen LogP contribution in [0.15, 0.2) is 76.8 Å². The molecule has 1 aliphatic heterocycles.